The summed E-state index contributed by atoms with van der Waals surface area (Å²) < 4.78 is 5.60. The Labute approximate surface area is 115 Å². The zero-order valence-corrected chi connectivity index (χ0v) is 12.0. The maximum absolute atomic E-state index is 5.60. The van der Waals surface area contributed by atoms with Gasteiger partial charge in [-0.15, -0.1) is 0 Å². The highest BCUT2D eigenvalue weighted by Crippen LogP contribution is 2.32. The molecule has 3 nitrogen and oxygen atoms in total. The van der Waals surface area contributed by atoms with E-state index in [1.54, 1.807) is 0 Å². The second-order valence-corrected chi connectivity index (χ2v) is 5.97. The summed E-state index contributed by atoms with van der Waals surface area (Å²) in [5, 5.41) is 3.61. The molecule has 1 N–H and O–H groups in total. The number of nitrogens with zero attached hydrogens (tertiary/aromatic N) is 1. The normalized spacial score (nSPS) is 23.4. The van der Waals surface area contributed by atoms with Crippen LogP contribution in [0.2, 0.25) is 0 Å². The van der Waals surface area contributed by atoms with Crippen LogP contribution >= 0.6 is 0 Å². The van der Waals surface area contributed by atoms with Crippen molar-refractivity contribution in [3.63, 3.8) is 0 Å². The molecule has 0 radical (unpaired) electrons. The van der Waals surface area contributed by atoms with Gasteiger partial charge in [0.2, 0.25) is 0 Å². The van der Waals surface area contributed by atoms with E-state index in [1.807, 2.05) is 0 Å². The quantitative estimate of drug-likeness (QED) is 0.899. The first-order valence-corrected chi connectivity index (χ1v) is 7.39. The number of ether oxygens (including phenoxy) is 1. The highest BCUT2D eigenvalue weighted by atomic mass is 16.5. The molecule has 1 aromatic rings. The van der Waals surface area contributed by atoms with Gasteiger partial charge in [-0.25, -0.2) is 0 Å². The van der Waals surface area contributed by atoms with Crippen LogP contribution in [0.25, 0.3) is 0 Å². The van der Waals surface area contributed by atoms with Crippen molar-refractivity contribution in [3.8, 4) is 5.75 Å². The zero-order chi connectivity index (χ0) is 13.2. The van der Waals surface area contributed by atoms with E-state index in [0.717, 1.165) is 18.8 Å². The van der Waals surface area contributed by atoms with Gasteiger partial charge in [0, 0.05) is 18.5 Å². The maximum Gasteiger partial charge on any atom is 0.122 e. The lowest BCUT2D eigenvalue weighted by molar-refractivity contribution is 0.262. The first-order valence-electron chi connectivity index (χ1n) is 7.39. The molecule has 2 unspecified atom stereocenters. The summed E-state index contributed by atoms with van der Waals surface area (Å²) in [6, 6.07) is 7.92. The Morgan fingerprint density at radius 1 is 1.42 bits per heavy atom. The molecule has 1 fully saturated rings. The SMILES string of the molecule is CN(C)C(CC1CCCN1)c1ccc2c(c1)CCO2. The van der Waals surface area contributed by atoms with E-state index in [-0.39, 0.29) is 0 Å². The van der Waals surface area contributed by atoms with Crippen molar-refractivity contribution >= 4 is 0 Å². The van der Waals surface area contributed by atoms with Gasteiger partial charge in [0.05, 0.1) is 6.61 Å². The molecule has 0 spiro atoms. The number of nitrogens with one attached hydrogen (secondary N) is 1. The molecule has 1 aromatic carbocycles. The third-order valence-electron chi connectivity index (χ3n) is 4.39. The van der Waals surface area contributed by atoms with Gasteiger partial charge >= 0.3 is 0 Å². The van der Waals surface area contributed by atoms with Gasteiger partial charge in [-0.1, -0.05) is 12.1 Å². The summed E-state index contributed by atoms with van der Waals surface area (Å²) in [6.07, 6.45) is 4.90. The molecule has 0 aromatic heterocycles. The van der Waals surface area contributed by atoms with Crippen molar-refractivity contribution in [2.45, 2.75) is 37.8 Å². The minimum Gasteiger partial charge on any atom is -0.493 e. The lowest BCUT2D eigenvalue weighted by atomic mass is 9.95. The van der Waals surface area contributed by atoms with Crippen molar-refractivity contribution in [1.29, 1.82) is 0 Å². The van der Waals surface area contributed by atoms with E-state index in [1.165, 1.54) is 36.9 Å². The van der Waals surface area contributed by atoms with Crippen LogP contribution in [0.5, 0.6) is 5.75 Å². The highest BCUT2D eigenvalue weighted by molar-refractivity contribution is 5.40. The lowest BCUT2D eigenvalue weighted by Crippen LogP contribution is -2.29. The van der Waals surface area contributed by atoms with Crippen LogP contribution in [-0.2, 0) is 6.42 Å². The summed E-state index contributed by atoms with van der Waals surface area (Å²) in [4.78, 5) is 2.34. The molecule has 2 aliphatic rings. The fourth-order valence-corrected chi connectivity index (χ4v) is 3.29. The fourth-order valence-electron chi connectivity index (χ4n) is 3.29. The highest BCUT2D eigenvalue weighted by Gasteiger charge is 2.23. The third-order valence-corrected chi connectivity index (χ3v) is 4.39. The minimum absolute atomic E-state index is 0.501. The molecule has 0 bridgehead atoms. The average Bonchev–Trinajstić information content (AvgIpc) is 3.05. The van der Waals surface area contributed by atoms with E-state index < -0.39 is 0 Å². The Kier molecular flexibility index (Phi) is 3.76. The number of fused-ring (bicyclic) bond motifs is 1. The maximum atomic E-state index is 5.60. The Morgan fingerprint density at radius 3 is 3.05 bits per heavy atom. The third kappa shape index (κ3) is 2.77. The van der Waals surface area contributed by atoms with Gasteiger partial charge in [-0.3, -0.25) is 0 Å². The second-order valence-electron chi connectivity index (χ2n) is 5.97. The van der Waals surface area contributed by atoms with Crippen LogP contribution in [0.1, 0.15) is 36.4 Å². The standard InChI is InChI=1S/C16H24N2O/c1-18(2)15(11-14-4-3-8-17-14)12-5-6-16-13(10-12)7-9-19-16/h5-6,10,14-15,17H,3-4,7-9,11H2,1-2H3. The first-order chi connectivity index (χ1) is 9.24. The van der Waals surface area contributed by atoms with E-state index in [4.69, 9.17) is 4.74 Å². The molecule has 2 heterocycles. The van der Waals surface area contributed by atoms with E-state index in [2.05, 4.69) is 42.5 Å². The molecule has 104 valence electrons. The Bertz CT molecular complexity index is 438. The van der Waals surface area contributed by atoms with Crippen molar-refractivity contribution in [2.75, 3.05) is 27.2 Å². The topological polar surface area (TPSA) is 24.5 Å². The zero-order valence-electron chi connectivity index (χ0n) is 12.0. The number of hydrogen-bond donors (Lipinski definition) is 1. The lowest BCUT2D eigenvalue weighted by Gasteiger charge is -2.28. The Morgan fingerprint density at radius 2 is 2.32 bits per heavy atom. The predicted molar refractivity (Wildman–Crippen MR) is 77.7 cm³/mol. The van der Waals surface area contributed by atoms with Crippen molar-refractivity contribution in [1.82, 2.24) is 10.2 Å². The van der Waals surface area contributed by atoms with Crippen LogP contribution in [0.4, 0.5) is 0 Å². The van der Waals surface area contributed by atoms with Gasteiger partial charge in [0.1, 0.15) is 5.75 Å². The van der Waals surface area contributed by atoms with Crippen LogP contribution < -0.4 is 10.1 Å². The van der Waals surface area contributed by atoms with Crippen molar-refractivity contribution in [3.05, 3.63) is 29.3 Å². The molecular formula is C16H24N2O. The smallest absolute Gasteiger partial charge is 0.122 e. The second kappa shape index (κ2) is 5.51. The molecule has 3 rings (SSSR count). The summed E-state index contributed by atoms with van der Waals surface area (Å²) in [7, 11) is 4.37. The van der Waals surface area contributed by atoms with E-state index in [0.29, 0.717) is 12.1 Å². The van der Waals surface area contributed by atoms with E-state index in [9.17, 15) is 0 Å². The van der Waals surface area contributed by atoms with Gasteiger partial charge < -0.3 is 15.0 Å². The average molecular weight is 260 g/mol. The molecule has 0 saturated carbocycles. The van der Waals surface area contributed by atoms with Crippen LogP contribution in [0, 0.1) is 0 Å². The van der Waals surface area contributed by atoms with Crippen LogP contribution in [0.15, 0.2) is 18.2 Å². The van der Waals surface area contributed by atoms with Crippen molar-refractivity contribution in [2.24, 2.45) is 0 Å². The Hall–Kier alpha value is -1.06. The van der Waals surface area contributed by atoms with Crippen LogP contribution in [-0.4, -0.2) is 38.2 Å². The van der Waals surface area contributed by atoms with Gasteiger partial charge in [0.25, 0.3) is 0 Å². The summed E-state index contributed by atoms with van der Waals surface area (Å²) in [6.45, 7) is 2.03. The number of hydrogen-bond acceptors (Lipinski definition) is 3. The minimum atomic E-state index is 0.501. The Balaban J connectivity index is 1.79. The predicted octanol–water partition coefficient (Wildman–Crippen LogP) is 2.37. The summed E-state index contributed by atoms with van der Waals surface area (Å²) in [5.74, 6) is 1.08. The van der Waals surface area contributed by atoms with Gasteiger partial charge in [-0.05, 0) is 57.1 Å². The molecule has 2 aliphatic heterocycles. The molecule has 2 atom stereocenters. The fraction of sp³-hybridized carbons (Fsp3) is 0.625. The molecule has 3 heteroatoms. The number of rotatable bonds is 4. The van der Waals surface area contributed by atoms with Crippen molar-refractivity contribution < 1.29 is 4.74 Å². The molecule has 0 amide bonds. The summed E-state index contributed by atoms with van der Waals surface area (Å²) in [5.41, 5.74) is 2.81. The molecular weight excluding hydrogens is 236 g/mol. The van der Waals surface area contributed by atoms with Crippen LogP contribution in [0.3, 0.4) is 0 Å². The molecule has 1 saturated heterocycles. The van der Waals surface area contributed by atoms with Gasteiger partial charge in [0.15, 0.2) is 0 Å². The van der Waals surface area contributed by atoms with Gasteiger partial charge in [-0.2, -0.15) is 0 Å². The van der Waals surface area contributed by atoms with E-state index >= 15 is 0 Å². The largest absolute Gasteiger partial charge is 0.493 e. The first kappa shape index (κ1) is 12.9. The number of benzene rings is 1. The molecule has 19 heavy (non-hydrogen) atoms. The summed E-state index contributed by atoms with van der Waals surface area (Å²) >= 11 is 0. The monoisotopic (exact) mass is 260 g/mol. The molecule has 0 aliphatic carbocycles.